The second kappa shape index (κ2) is 8.49. The molecule has 1 N–H and O–H groups in total. The molecule has 0 saturated carbocycles. The molecule has 0 aliphatic rings. The summed E-state index contributed by atoms with van der Waals surface area (Å²) in [4.78, 5) is 16.0. The van der Waals surface area contributed by atoms with Crippen LogP contribution in [0.1, 0.15) is 27.9 Å². The van der Waals surface area contributed by atoms with Crippen LogP contribution < -0.4 is 9.47 Å². The topological polar surface area (TPSA) is 72.9 Å². The van der Waals surface area contributed by atoms with Crippen LogP contribution in [0, 0.1) is 12.9 Å². The quantitative estimate of drug-likeness (QED) is 0.466. The third-order valence-corrected chi connectivity index (χ3v) is 5.08. The lowest BCUT2D eigenvalue weighted by Crippen LogP contribution is -2.03. The number of hydrogen-bond acceptors (Lipinski definition) is 5. The average Bonchev–Trinajstić information content (AvgIpc) is 3.15. The Morgan fingerprint density at radius 1 is 0.967 bits per heavy atom. The van der Waals surface area contributed by atoms with Gasteiger partial charge in [0.25, 0.3) is 0 Å². The van der Waals surface area contributed by atoms with Crippen LogP contribution in [-0.4, -0.2) is 34.2 Å². The molecule has 0 radical (unpaired) electrons. The Morgan fingerprint density at radius 3 is 2.57 bits per heavy atom. The van der Waals surface area contributed by atoms with Crippen LogP contribution >= 0.6 is 0 Å². The normalized spacial score (nSPS) is 11.1. The number of pyridine rings is 3. The summed E-state index contributed by atoms with van der Waals surface area (Å²) in [5.41, 5.74) is 5.05. The van der Waals surface area contributed by atoms with Gasteiger partial charge in [-0.3, -0.25) is 0 Å². The first kappa shape index (κ1) is 19.8. The largest absolute Gasteiger partial charge is 0.481 e. The second-order valence-electron chi connectivity index (χ2n) is 7.17. The Balaban J connectivity index is 1.49. The number of rotatable bonds is 7. The Morgan fingerprint density at radius 2 is 1.80 bits per heavy atom. The van der Waals surface area contributed by atoms with Gasteiger partial charge in [0.05, 0.1) is 14.2 Å². The molecular weight excluding hydrogens is 383 g/mol. The van der Waals surface area contributed by atoms with Gasteiger partial charge in [0, 0.05) is 47.1 Å². The number of hydrogen-bond donors (Lipinski definition) is 1. The molecule has 0 spiro atoms. The fraction of sp³-hybridized carbons (Fsp3) is 0.261. The number of fused-ring (bicyclic) bond motifs is 1. The third kappa shape index (κ3) is 4.10. The summed E-state index contributed by atoms with van der Waals surface area (Å²) in [7, 11) is 3.13. The van der Waals surface area contributed by atoms with Crippen molar-refractivity contribution in [2.75, 3.05) is 14.2 Å². The molecule has 4 aromatic rings. The molecule has 30 heavy (non-hydrogen) atoms. The highest BCUT2D eigenvalue weighted by Crippen LogP contribution is 2.23. The van der Waals surface area contributed by atoms with E-state index in [1.807, 2.05) is 37.5 Å². The number of aromatic nitrogens is 4. The van der Waals surface area contributed by atoms with Crippen molar-refractivity contribution < 1.29 is 13.9 Å². The Hall–Kier alpha value is -3.48. The minimum atomic E-state index is -0.442. The van der Waals surface area contributed by atoms with Crippen molar-refractivity contribution in [3.8, 4) is 11.8 Å². The van der Waals surface area contributed by atoms with Crippen LogP contribution in [0.25, 0.3) is 11.0 Å². The Bertz CT molecular complexity index is 1190. The smallest absolute Gasteiger partial charge is 0.219 e. The molecular formula is C23H23FN4O2. The van der Waals surface area contributed by atoms with Crippen molar-refractivity contribution in [1.82, 2.24) is 19.9 Å². The maximum absolute atomic E-state index is 14.7. The third-order valence-electron chi connectivity index (χ3n) is 5.08. The molecule has 6 nitrogen and oxygen atoms in total. The van der Waals surface area contributed by atoms with E-state index in [2.05, 4.69) is 26.0 Å². The number of aryl methyl sites for hydroxylation is 3. The number of aromatic amines is 1. The minimum Gasteiger partial charge on any atom is -0.481 e. The average molecular weight is 406 g/mol. The van der Waals surface area contributed by atoms with Crippen LogP contribution in [0.3, 0.4) is 0 Å². The minimum absolute atomic E-state index is 0.442. The highest BCUT2D eigenvalue weighted by molar-refractivity contribution is 5.80. The molecule has 7 heteroatoms. The molecule has 4 heterocycles. The number of halogens is 1. The molecule has 0 aromatic carbocycles. The van der Waals surface area contributed by atoms with Gasteiger partial charge < -0.3 is 14.5 Å². The number of H-pyrrole nitrogens is 1. The molecule has 0 amide bonds. The molecule has 0 aliphatic heterocycles. The van der Waals surface area contributed by atoms with Gasteiger partial charge in [0.15, 0.2) is 0 Å². The first-order chi connectivity index (χ1) is 14.6. The van der Waals surface area contributed by atoms with E-state index < -0.39 is 5.95 Å². The highest BCUT2D eigenvalue weighted by Gasteiger charge is 2.12. The summed E-state index contributed by atoms with van der Waals surface area (Å²) in [5, 5.41) is 1.01. The van der Waals surface area contributed by atoms with E-state index in [-0.39, 0.29) is 0 Å². The summed E-state index contributed by atoms with van der Waals surface area (Å²) in [6, 6.07) is 9.43. The van der Waals surface area contributed by atoms with Gasteiger partial charge in [-0.05, 0) is 49.1 Å². The van der Waals surface area contributed by atoms with Crippen molar-refractivity contribution in [3.05, 3.63) is 76.6 Å². The summed E-state index contributed by atoms with van der Waals surface area (Å²) in [5.74, 6) is 0.559. The highest BCUT2D eigenvalue weighted by atomic mass is 19.1. The van der Waals surface area contributed by atoms with E-state index in [0.29, 0.717) is 42.3 Å². The first-order valence-electron chi connectivity index (χ1n) is 9.72. The van der Waals surface area contributed by atoms with Crippen LogP contribution in [0.4, 0.5) is 4.39 Å². The fourth-order valence-electron chi connectivity index (χ4n) is 3.48. The standard InChI is InChI=1S/C23H23FN4O2/c1-14-10-19-17(13-26-22(19)25-12-14)11-16-5-8-18(27-21(16)24)7-4-15-6-9-20(29-2)28-23(15)30-3/h5-6,8-10,12-13H,4,7,11H2,1-3H3,(H,25,26). The molecule has 0 bridgehead atoms. The Labute approximate surface area is 174 Å². The van der Waals surface area contributed by atoms with Gasteiger partial charge in [-0.1, -0.05) is 6.07 Å². The predicted molar refractivity (Wildman–Crippen MR) is 113 cm³/mol. The lowest BCUT2D eigenvalue weighted by atomic mass is 10.0. The maximum atomic E-state index is 14.7. The van der Waals surface area contributed by atoms with E-state index in [1.165, 1.54) is 0 Å². The number of ether oxygens (including phenoxy) is 2. The summed E-state index contributed by atoms with van der Waals surface area (Å²) < 4.78 is 25.1. The van der Waals surface area contributed by atoms with Crippen LogP contribution in [0.5, 0.6) is 11.8 Å². The van der Waals surface area contributed by atoms with E-state index in [4.69, 9.17) is 9.47 Å². The molecule has 4 rings (SSSR count). The van der Waals surface area contributed by atoms with E-state index in [9.17, 15) is 4.39 Å². The van der Waals surface area contributed by atoms with Crippen molar-refractivity contribution in [3.63, 3.8) is 0 Å². The van der Waals surface area contributed by atoms with E-state index in [0.717, 1.165) is 27.7 Å². The molecule has 0 atom stereocenters. The van der Waals surface area contributed by atoms with Gasteiger partial charge in [0.1, 0.15) is 5.65 Å². The van der Waals surface area contributed by atoms with Gasteiger partial charge >= 0.3 is 0 Å². The van der Waals surface area contributed by atoms with Crippen LogP contribution in [0.15, 0.2) is 42.7 Å². The summed E-state index contributed by atoms with van der Waals surface area (Å²) >= 11 is 0. The van der Waals surface area contributed by atoms with Gasteiger partial charge in [-0.2, -0.15) is 9.37 Å². The first-order valence-corrected chi connectivity index (χ1v) is 9.72. The maximum Gasteiger partial charge on any atom is 0.219 e. The van der Waals surface area contributed by atoms with Gasteiger partial charge in [-0.25, -0.2) is 9.97 Å². The SMILES string of the molecule is COc1ccc(CCc2ccc(Cc3c[nH]c4ncc(C)cc34)c(F)n2)c(OC)n1. The van der Waals surface area contributed by atoms with E-state index >= 15 is 0 Å². The molecule has 0 aliphatic carbocycles. The Kier molecular flexibility index (Phi) is 5.61. The number of nitrogens with zero attached hydrogens (tertiary/aromatic N) is 3. The predicted octanol–water partition coefficient (Wildman–Crippen LogP) is 4.19. The lowest BCUT2D eigenvalue weighted by Gasteiger charge is -2.09. The lowest BCUT2D eigenvalue weighted by molar-refractivity contribution is 0.361. The molecule has 0 saturated heterocycles. The zero-order valence-electron chi connectivity index (χ0n) is 17.2. The molecule has 0 fully saturated rings. The van der Waals surface area contributed by atoms with E-state index in [1.54, 1.807) is 20.3 Å². The summed E-state index contributed by atoms with van der Waals surface area (Å²) in [6.07, 6.45) is 5.37. The zero-order chi connectivity index (χ0) is 21.1. The van der Waals surface area contributed by atoms with Crippen molar-refractivity contribution >= 4 is 11.0 Å². The molecule has 154 valence electrons. The van der Waals surface area contributed by atoms with Crippen molar-refractivity contribution in [2.45, 2.75) is 26.2 Å². The molecule has 4 aromatic heterocycles. The zero-order valence-corrected chi connectivity index (χ0v) is 17.2. The molecule has 0 unspecified atom stereocenters. The van der Waals surface area contributed by atoms with Crippen LogP contribution in [0.2, 0.25) is 0 Å². The monoisotopic (exact) mass is 406 g/mol. The number of methoxy groups -OCH3 is 2. The van der Waals surface area contributed by atoms with Crippen molar-refractivity contribution in [1.29, 1.82) is 0 Å². The fourth-order valence-corrected chi connectivity index (χ4v) is 3.48. The second-order valence-corrected chi connectivity index (χ2v) is 7.17. The van der Waals surface area contributed by atoms with Crippen molar-refractivity contribution in [2.24, 2.45) is 0 Å². The summed E-state index contributed by atoms with van der Waals surface area (Å²) in [6.45, 7) is 1.99. The van der Waals surface area contributed by atoms with Gasteiger partial charge in [-0.15, -0.1) is 0 Å². The number of nitrogens with one attached hydrogen (secondary N) is 1. The van der Waals surface area contributed by atoms with Gasteiger partial charge in [0.2, 0.25) is 17.7 Å². The van der Waals surface area contributed by atoms with Crippen LogP contribution in [-0.2, 0) is 19.3 Å².